The van der Waals surface area contributed by atoms with Gasteiger partial charge in [0.1, 0.15) is 0 Å². The number of carbonyl (C=O) groups excluding carboxylic acids is 1. The van der Waals surface area contributed by atoms with Crippen LogP contribution in [0, 0.1) is 0 Å². The molecule has 0 spiro atoms. The maximum atomic E-state index is 11.3. The van der Waals surface area contributed by atoms with E-state index in [-0.39, 0.29) is 5.78 Å². The van der Waals surface area contributed by atoms with Crippen LogP contribution in [0.3, 0.4) is 0 Å². The molecule has 3 heteroatoms. The molecule has 0 unspecified atom stereocenters. The van der Waals surface area contributed by atoms with Gasteiger partial charge in [0.2, 0.25) is 0 Å². The Bertz CT molecular complexity index is 264. The van der Waals surface area contributed by atoms with Crippen molar-refractivity contribution in [3.05, 3.63) is 34.7 Å². The van der Waals surface area contributed by atoms with E-state index in [1.807, 2.05) is 23.8 Å². The molecule has 1 heterocycles. The van der Waals surface area contributed by atoms with Crippen molar-refractivity contribution in [3.8, 4) is 0 Å². The molecule has 64 valence electrons. The maximum Gasteiger partial charge on any atom is 0.188 e. The van der Waals surface area contributed by atoms with Gasteiger partial charge in [-0.2, -0.15) is 11.3 Å². The fourth-order valence-electron chi connectivity index (χ4n) is 0.753. The van der Waals surface area contributed by atoms with Crippen molar-refractivity contribution in [3.63, 3.8) is 0 Å². The van der Waals surface area contributed by atoms with Crippen molar-refractivity contribution in [2.45, 2.75) is 6.92 Å². The summed E-state index contributed by atoms with van der Waals surface area (Å²) < 4.78 is 0. The van der Waals surface area contributed by atoms with E-state index in [0.717, 1.165) is 12.1 Å². The van der Waals surface area contributed by atoms with E-state index in [2.05, 4.69) is 5.32 Å². The second kappa shape index (κ2) is 4.72. The zero-order valence-corrected chi connectivity index (χ0v) is 7.73. The summed E-state index contributed by atoms with van der Waals surface area (Å²) in [5.74, 6) is 0.0530. The summed E-state index contributed by atoms with van der Waals surface area (Å²) in [6, 6.07) is 1.82. The normalized spacial score (nSPS) is 10.4. The third-order valence-electron chi connectivity index (χ3n) is 1.36. The van der Waals surface area contributed by atoms with Crippen LogP contribution in [0.2, 0.25) is 0 Å². The number of hydrogen-bond donors (Lipinski definition) is 1. The van der Waals surface area contributed by atoms with Crippen LogP contribution in [0.5, 0.6) is 0 Å². The summed E-state index contributed by atoms with van der Waals surface area (Å²) in [4.78, 5) is 11.3. The van der Waals surface area contributed by atoms with Crippen LogP contribution in [-0.2, 0) is 0 Å². The predicted molar refractivity (Wildman–Crippen MR) is 51.5 cm³/mol. The topological polar surface area (TPSA) is 29.1 Å². The van der Waals surface area contributed by atoms with E-state index in [4.69, 9.17) is 0 Å². The first-order chi connectivity index (χ1) is 5.84. The summed E-state index contributed by atoms with van der Waals surface area (Å²) in [6.07, 6.45) is 3.23. The Morgan fingerprint density at radius 2 is 2.58 bits per heavy atom. The van der Waals surface area contributed by atoms with E-state index in [1.54, 1.807) is 12.3 Å². The monoisotopic (exact) mass is 181 g/mol. The minimum atomic E-state index is 0.0530. The number of thiophene rings is 1. The van der Waals surface area contributed by atoms with Crippen LogP contribution in [-0.4, -0.2) is 12.3 Å². The molecule has 1 aromatic heterocycles. The van der Waals surface area contributed by atoms with Crippen LogP contribution < -0.4 is 5.32 Å². The van der Waals surface area contributed by atoms with E-state index in [1.165, 1.54) is 11.3 Å². The van der Waals surface area contributed by atoms with Crippen molar-refractivity contribution in [1.29, 1.82) is 0 Å². The molecule has 0 atom stereocenters. The predicted octanol–water partition coefficient (Wildman–Crippen LogP) is 2.05. The smallest absolute Gasteiger partial charge is 0.188 e. The van der Waals surface area contributed by atoms with Crippen molar-refractivity contribution in [2.24, 2.45) is 0 Å². The molecule has 0 aromatic carbocycles. The van der Waals surface area contributed by atoms with Crippen molar-refractivity contribution < 1.29 is 4.79 Å². The average molecular weight is 181 g/mol. The Morgan fingerprint density at radius 3 is 3.17 bits per heavy atom. The SMILES string of the molecule is CCN/C=C\C(=O)c1ccsc1. The summed E-state index contributed by atoms with van der Waals surface area (Å²) in [5.41, 5.74) is 0.758. The Labute approximate surface area is 75.9 Å². The molecule has 0 saturated heterocycles. The summed E-state index contributed by atoms with van der Waals surface area (Å²) in [6.45, 7) is 2.83. The fraction of sp³-hybridized carbons (Fsp3) is 0.222. The molecule has 0 aliphatic carbocycles. The summed E-state index contributed by atoms with van der Waals surface area (Å²) >= 11 is 1.53. The van der Waals surface area contributed by atoms with Gasteiger partial charge in [0.05, 0.1) is 0 Å². The molecule has 0 fully saturated rings. The fourth-order valence-corrected chi connectivity index (χ4v) is 1.40. The number of nitrogens with one attached hydrogen (secondary N) is 1. The van der Waals surface area contributed by atoms with Crippen molar-refractivity contribution in [1.82, 2.24) is 5.32 Å². The minimum absolute atomic E-state index is 0.0530. The van der Waals surface area contributed by atoms with Gasteiger partial charge in [-0.25, -0.2) is 0 Å². The number of rotatable bonds is 4. The molecule has 0 saturated carbocycles. The minimum Gasteiger partial charge on any atom is -0.391 e. The molecule has 1 rings (SSSR count). The molecule has 0 bridgehead atoms. The lowest BCUT2D eigenvalue weighted by Crippen LogP contribution is -2.03. The first-order valence-corrected chi connectivity index (χ1v) is 4.75. The lowest BCUT2D eigenvalue weighted by atomic mass is 10.2. The second-order valence-electron chi connectivity index (χ2n) is 2.27. The average Bonchev–Trinajstić information content (AvgIpc) is 2.56. The van der Waals surface area contributed by atoms with Gasteiger partial charge >= 0.3 is 0 Å². The third-order valence-corrected chi connectivity index (χ3v) is 2.05. The van der Waals surface area contributed by atoms with Gasteiger partial charge in [0, 0.05) is 29.8 Å². The molecule has 0 aliphatic rings. The quantitative estimate of drug-likeness (QED) is 0.569. The highest BCUT2D eigenvalue weighted by atomic mass is 32.1. The standard InChI is InChI=1S/C9H11NOS/c1-2-10-5-3-9(11)8-4-6-12-7-8/h3-7,10H,2H2,1H3/b5-3-. The molecule has 12 heavy (non-hydrogen) atoms. The van der Waals surface area contributed by atoms with Crippen LogP contribution in [0.1, 0.15) is 17.3 Å². The molecule has 0 radical (unpaired) electrons. The van der Waals surface area contributed by atoms with E-state index in [9.17, 15) is 4.79 Å². The molecular weight excluding hydrogens is 170 g/mol. The Hall–Kier alpha value is -1.09. The van der Waals surface area contributed by atoms with Gasteiger partial charge in [-0.15, -0.1) is 0 Å². The van der Waals surface area contributed by atoms with Gasteiger partial charge < -0.3 is 5.32 Å². The van der Waals surface area contributed by atoms with E-state index >= 15 is 0 Å². The van der Waals surface area contributed by atoms with E-state index < -0.39 is 0 Å². The van der Waals surface area contributed by atoms with Crippen LogP contribution in [0.15, 0.2) is 29.1 Å². The second-order valence-corrected chi connectivity index (χ2v) is 3.05. The number of carbonyl (C=O) groups is 1. The number of allylic oxidation sites excluding steroid dienone is 1. The van der Waals surface area contributed by atoms with Crippen molar-refractivity contribution >= 4 is 17.1 Å². The Balaban J connectivity index is 2.50. The zero-order chi connectivity index (χ0) is 8.81. The molecule has 1 N–H and O–H groups in total. The first-order valence-electron chi connectivity index (χ1n) is 3.81. The lowest BCUT2D eigenvalue weighted by Gasteiger charge is -1.90. The molecular formula is C9H11NOS. The summed E-state index contributed by atoms with van der Waals surface area (Å²) in [7, 11) is 0. The van der Waals surface area contributed by atoms with Gasteiger partial charge in [-0.05, 0) is 18.4 Å². The third kappa shape index (κ3) is 2.51. The molecule has 1 aromatic rings. The lowest BCUT2D eigenvalue weighted by molar-refractivity contribution is 0.104. The Kier molecular flexibility index (Phi) is 3.54. The first kappa shape index (κ1) is 9.00. The largest absolute Gasteiger partial charge is 0.391 e. The number of ketones is 1. The molecule has 0 amide bonds. The maximum absolute atomic E-state index is 11.3. The zero-order valence-electron chi connectivity index (χ0n) is 6.91. The molecule has 2 nitrogen and oxygen atoms in total. The van der Waals surface area contributed by atoms with Crippen molar-refractivity contribution in [2.75, 3.05) is 6.54 Å². The van der Waals surface area contributed by atoms with Crippen LogP contribution >= 0.6 is 11.3 Å². The summed E-state index contributed by atoms with van der Waals surface area (Å²) in [5, 5.41) is 6.69. The van der Waals surface area contributed by atoms with Gasteiger partial charge in [0.15, 0.2) is 5.78 Å². The van der Waals surface area contributed by atoms with Crippen LogP contribution in [0.25, 0.3) is 0 Å². The highest BCUT2D eigenvalue weighted by Gasteiger charge is 1.99. The Morgan fingerprint density at radius 1 is 1.75 bits per heavy atom. The van der Waals surface area contributed by atoms with Gasteiger partial charge in [0.25, 0.3) is 0 Å². The van der Waals surface area contributed by atoms with Crippen LogP contribution in [0.4, 0.5) is 0 Å². The molecule has 0 aliphatic heterocycles. The highest BCUT2D eigenvalue weighted by molar-refractivity contribution is 7.08. The highest BCUT2D eigenvalue weighted by Crippen LogP contribution is 2.06. The van der Waals surface area contributed by atoms with E-state index in [0.29, 0.717) is 0 Å². The van der Waals surface area contributed by atoms with Gasteiger partial charge in [-0.3, -0.25) is 4.79 Å². The van der Waals surface area contributed by atoms with Gasteiger partial charge in [-0.1, -0.05) is 0 Å². The number of hydrogen-bond acceptors (Lipinski definition) is 3.